The van der Waals surface area contributed by atoms with E-state index in [1.54, 1.807) is 12.0 Å². The zero-order valence-corrected chi connectivity index (χ0v) is 15.2. The maximum Gasteiger partial charge on any atom is 0.227 e. The van der Waals surface area contributed by atoms with E-state index in [2.05, 4.69) is 12.2 Å². The van der Waals surface area contributed by atoms with Crippen LogP contribution in [0.25, 0.3) is 0 Å². The molecule has 2 amide bonds. The molecule has 0 radical (unpaired) electrons. The molecule has 25 heavy (non-hydrogen) atoms. The quantitative estimate of drug-likeness (QED) is 0.893. The number of benzene rings is 1. The Bertz CT molecular complexity index is 606. The zero-order valence-electron chi connectivity index (χ0n) is 15.2. The molecule has 5 heteroatoms. The molecule has 1 saturated heterocycles. The third-order valence-corrected chi connectivity index (χ3v) is 5.65. The van der Waals surface area contributed by atoms with E-state index in [1.807, 2.05) is 24.3 Å². The van der Waals surface area contributed by atoms with Crippen molar-refractivity contribution in [3.63, 3.8) is 0 Å². The van der Waals surface area contributed by atoms with Crippen LogP contribution in [0.2, 0.25) is 0 Å². The first kappa shape index (κ1) is 17.8. The third kappa shape index (κ3) is 4.14. The van der Waals surface area contributed by atoms with Gasteiger partial charge in [-0.1, -0.05) is 13.3 Å². The highest BCUT2D eigenvalue weighted by atomic mass is 16.5. The second-order valence-electron chi connectivity index (χ2n) is 7.24. The molecular formula is C20H28N2O3. The fourth-order valence-electron chi connectivity index (χ4n) is 3.93. The van der Waals surface area contributed by atoms with Crippen LogP contribution in [0.15, 0.2) is 24.3 Å². The van der Waals surface area contributed by atoms with E-state index in [9.17, 15) is 9.59 Å². The van der Waals surface area contributed by atoms with Crippen LogP contribution < -0.4 is 15.0 Å². The average molecular weight is 344 g/mol. The summed E-state index contributed by atoms with van der Waals surface area (Å²) < 4.78 is 5.15. The Balaban J connectivity index is 1.55. The van der Waals surface area contributed by atoms with Crippen molar-refractivity contribution in [1.29, 1.82) is 0 Å². The van der Waals surface area contributed by atoms with Gasteiger partial charge in [0.05, 0.1) is 13.0 Å². The number of nitrogens with one attached hydrogen (secondary N) is 1. The number of hydrogen-bond donors (Lipinski definition) is 1. The first-order valence-electron chi connectivity index (χ1n) is 9.35. The van der Waals surface area contributed by atoms with E-state index in [1.165, 1.54) is 19.3 Å². The molecule has 2 fully saturated rings. The highest BCUT2D eigenvalue weighted by Gasteiger charge is 2.36. The van der Waals surface area contributed by atoms with Crippen LogP contribution in [0.1, 0.15) is 45.4 Å². The Hall–Kier alpha value is -2.04. The van der Waals surface area contributed by atoms with Gasteiger partial charge in [0, 0.05) is 24.7 Å². The predicted molar refractivity (Wildman–Crippen MR) is 97.6 cm³/mol. The molecule has 1 atom stereocenters. The van der Waals surface area contributed by atoms with Crippen LogP contribution >= 0.6 is 0 Å². The standard InChI is InChI=1S/C20H28N2O3/c1-3-14-4-6-16(7-5-14)21-20(24)15-12-19(23)22(13-15)17-8-10-18(25-2)11-9-17/h8-11,14-16H,3-7,12-13H2,1-2H3,(H,21,24). The summed E-state index contributed by atoms with van der Waals surface area (Å²) in [6, 6.07) is 7.68. The van der Waals surface area contributed by atoms with Crippen LogP contribution in [0.3, 0.4) is 0 Å². The van der Waals surface area contributed by atoms with E-state index < -0.39 is 0 Å². The summed E-state index contributed by atoms with van der Waals surface area (Å²) in [5.41, 5.74) is 0.824. The maximum absolute atomic E-state index is 12.6. The van der Waals surface area contributed by atoms with Gasteiger partial charge >= 0.3 is 0 Å². The van der Waals surface area contributed by atoms with Crippen LogP contribution in [-0.2, 0) is 9.59 Å². The van der Waals surface area contributed by atoms with E-state index in [4.69, 9.17) is 4.74 Å². The molecule has 1 aromatic rings. The van der Waals surface area contributed by atoms with Crippen molar-refractivity contribution in [2.45, 2.75) is 51.5 Å². The Morgan fingerprint density at radius 1 is 1.20 bits per heavy atom. The molecule has 3 rings (SSSR count). The van der Waals surface area contributed by atoms with E-state index in [0.29, 0.717) is 13.0 Å². The highest BCUT2D eigenvalue weighted by Crippen LogP contribution is 2.29. The fraction of sp³-hybridized carbons (Fsp3) is 0.600. The molecule has 1 unspecified atom stereocenters. The number of carbonyl (C=O) groups is 2. The van der Waals surface area contributed by atoms with Gasteiger partial charge in [-0.3, -0.25) is 9.59 Å². The lowest BCUT2D eigenvalue weighted by atomic mass is 9.84. The molecule has 136 valence electrons. The number of hydrogen-bond acceptors (Lipinski definition) is 3. The van der Waals surface area contributed by atoms with Gasteiger partial charge in [0.25, 0.3) is 0 Å². The Morgan fingerprint density at radius 3 is 2.48 bits per heavy atom. The smallest absolute Gasteiger partial charge is 0.227 e. The number of methoxy groups -OCH3 is 1. The second-order valence-corrected chi connectivity index (χ2v) is 7.24. The number of ether oxygens (including phenoxy) is 1. The maximum atomic E-state index is 12.6. The molecule has 1 heterocycles. The molecule has 1 aliphatic carbocycles. The first-order valence-corrected chi connectivity index (χ1v) is 9.35. The van der Waals surface area contributed by atoms with Crippen molar-refractivity contribution in [2.24, 2.45) is 11.8 Å². The molecule has 0 bridgehead atoms. The largest absolute Gasteiger partial charge is 0.497 e. The molecular weight excluding hydrogens is 316 g/mol. The first-order chi connectivity index (χ1) is 12.1. The number of anilines is 1. The van der Waals surface area contributed by atoms with Crippen LogP contribution in [0, 0.1) is 11.8 Å². The van der Waals surface area contributed by atoms with Crippen LogP contribution in [-0.4, -0.2) is 31.5 Å². The number of amides is 2. The lowest BCUT2D eigenvalue weighted by Crippen LogP contribution is -2.41. The number of rotatable bonds is 5. The SMILES string of the molecule is CCC1CCC(NC(=O)C2CC(=O)N(c3ccc(OC)cc3)C2)CC1. The van der Waals surface area contributed by atoms with Gasteiger partial charge in [0.2, 0.25) is 11.8 Å². The van der Waals surface area contributed by atoms with E-state index in [0.717, 1.165) is 30.2 Å². The summed E-state index contributed by atoms with van der Waals surface area (Å²) in [6.07, 6.45) is 6.04. The van der Waals surface area contributed by atoms with Gasteiger partial charge in [-0.15, -0.1) is 0 Å². The van der Waals surface area contributed by atoms with Crippen LogP contribution in [0.4, 0.5) is 5.69 Å². The summed E-state index contributed by atoms with van der Waals surface area (Å²) in [5, 5.41) is 3.18. The van der Waals surface area contributed by atoms with E-state index in [-0.39, 0.29) is 23.8 Å². The molecule has 5 nitrogen and oxygen atoms in total. The van der Waals surface area contributed by atoms with Gasteiger partial charge in [0.1, 0.15) is 5.75 Å². The average Bonchev–Trinajstić information content (AvgIpc) is 3.04. The van der Waals surface area contributed by atoms with Crippen molar-refractivity contribution in [1.82, 2.24) is 5.32 Å². The van der Waals surface area contributed by atoms with E-state index >= 15 is 0 Å². The minimum absolute atomic E-state index is 0.0139. The van der Waals surface area contributed by atoms with Gasteiger partial charge in [0.15, 0.2) is 0 Å². The third-order valence-electron chi connectivity index (χ3n) is 5.65. The van der Waals surface area contributed by atoms with Crippen molar-refractivity contribution in [3.05, 3.63) is 24.3 Å². The lowest BCUT2D eigenvalue weighted by molar-refractivity contribution is -0.127. The van der Waals surface area contributed by atoms with Crippen molar-refractivity contribution in [2.75, 3.05) is 18.6 Å². The minimum Gasteiger partial charge on any atom is -0.497 e. The molecule has 0 spiro atoms. The van der Waals surface area contributed by atoms with Gasteiger partial charge in [-0.05, 0) is 55.9 Å². The molecule has 1 N–H and O–H groups in total. The molecule has 0 aromatic heterocycles. The Labute approximate surface area is 149 Å². The molecule has 1 aliphatic heterocycles. The molecule has 2 aliphatic rings. The second kappa shape index (κ2) is 7.89. The number of nitrogens with zero attached hydrogens (tertiary/aromatic N) is 1. The molecule has 1 aromatic carbocycles. The van der Waals surface area contributed by atoms with Crippen molar-refractivity contribution < 1.29 is 14.3 Å². The summed E-state index contributed by atoms with van der Waals surface area (Å²) in [7, 11) is 1.62. The Morgan fingerprint density at radius 2 is 1.88 bits per heavy atom. The van der Waals surface area contributed by atoms with Crippen molar-refractivity contribution >= 4 is 17.5 Å². The molecule has 1 saturated carbocycles. The van der Waals surface area contributed by atoms with Gasteiger partial charge in [-0.2, -0.15) is 0 Å². The van der Waals surface area contributed by atoms with Crippen molar-refractivity contribution in [3.8, 4) is 5.75 Å². The number of carbonyl (C=O) groups excluding carboxylic acids is 2. The van der Waals surface area contributed by atoms with Crippen LogP contribution in [0.5, 0.6) is 5.75 Å². The topological polar surface area (TPSA) is 58.6 Å². The minimum atomic E-state index is -0.251. The monoisotopic (exact) mass is 344 g/mol. The summed E-state index contributed by atoms with van der Waals surface area (Å²) in [4.78, 5) is 26.6. The van der Waals surface area contributed by atoms with Gasteiger partial charge in [-0.25, -0.2) is 0 Å². The summed E-state index contributed by atoms with van der Waals surface area (Å²) in [6.45, 7) is 2.70. The lowest BCUT2D eigenvalue weighted by Gasteiger charge is -2.29. The summed E-state index contributed by atoms with van der Waals surface area (Å²) >= 11 is 0. The zero-order chi connectivity index (χ0) is 17.8. The Kier molecular flexibility index (Phi) is 5.61. The predicted octanol–water partition coefficient (Wildman–Crippen LogP) is 3.13. The summed E-state index contributed by atoms with van der Waals surface area (Å²) in [5.74, 6) is 1.36. The normalized spacial score (nSPS) is 26.6. The highest BCUT2D eigenvalue weighted by molar-refractivity contribution is 6.00. The van der Waals surface area contributed by atoms with Gasteiger partial charge < -0.3 is 15.0 Å². The fourth-order valence-corrected chi connectivity index (χ4v) is 3.93.